The Hall–Kier alpha value is -1.35. The fourth-order valence-electron chi connectivity index (χ4n) is 1.68. The van der Waals surface area contributed by atoms with Gasteiger partial charge in [0.25, 0.3) is 0 Å². The summed E-state index contributed by atoms with van der Waals surface area (Å²) in [5, 5.41) is 9.54. The summed E-state index contributed by atoms with van der Waals surface area (Å²) in [6.45, 7) is 2.19. The van der Waals surface area contributed by atoms with Crippen LogP contribution in [0.3, 0.4) is 0 Å². The van der Waals surface area contributed by atoms with Gasteiger partial charge >= 0.3 is 5.97 Å². The monoisotopic (exact) mass is 250 g/mol. The highest BCUT2D eigenvalue weighted by atomic mass is 16.5. The molecule has 0 aliphatic carbocycles. The van der Waals surface area contributed by atoms with Crippen LogP contribution in [0.4, 0.5) is 0 Å². The van der Waals surface area contributed by atoms with Crippen LogP contribution in [0, 0.1) is 0 Å². The van der Waals surface area contributed by atoms with Crippen molar-refractivity contribution in [1.82, 2.24) is 0 Å². The number of aliphatic hydroxyl groups is 1. The Labute approximate surface area is 109 Å². The standard InChI is InChI=1S/C15H22O3/c1-2-3-9-14(16)12-18-15(17)11-10-13-7-5-4-6-8-13/h4-8,14,16H,2-3,9-12H2,1H3. The third kappa shape index (κ3) is 6.40. The van der Waals surface area contributed by atoms with E-state index in [-0.39, 0.29) is 12.6 Å². The molecule has 1 rings (SSSR count). The summed E-state index contributed by atoms with van der Waals surface area (Å²) in [5.74, 6) is -0.241. The van der Waals surface area contributed by atoms with Gasteiger partial charge in [-0.05, 0) is 18.4 Å². The lowest BCUT2D eigenvalue weighted by molar-refractivity contribution is -0.146. The van der Waals surface area contributed by atoms with Gasteiger partial charge in [-0.25, -0.2) is 0 Å². The maximum atomic E-state index is 11.5. The van der Waals surface area contributed by atoms with Crippen LogP contribution in [0.2, 0.25) is 0 Å². The number of aliphatic hydroxyl groups excluding tert-OH is 1. The highest BCUT2D eigenvalue weighted by Gasteiger charge is 2.08. The molecule has 0 heterocycles. The molecular weight excluding hydrogens is 228 g/mol. The van der Waals surface area contributed by atoms with Crippen LogP contribution in [0.1, 0.15) is 38.2 Å². The zero-order chi connectivity index (χ0) is 13.2. The Morgan fingerprint density at radius 3 is 2.72 bits per heavy atom. The normalized spacial score (nSPS) is 12.1. The van der Waals surface area contributed by atoms with Crippen molar-refractivity contribution in [2.45, 2.75) is 45.1 Å². The molecule has 0 aliphatic rings. The van der Waals surface area contributed by atoms with E-state index < -0.39 is 6.10 Å². The first kappa shape index (κ1) is 14.7. The van der Waals surface area contributed by atoms with Gasteiger partial charge < -0.3 is 9.84 Å². The highest BCUT2D eigenvalue weighted by molar-refractivity contribution is 5.69. The predicted molar refractivity (Wildman–Crippen MR) is 71.3 cm³/mol. The molecule has 1 aromatic rings. The number of ether oxygens (including phenoxy) is 1. The molecule has 0 aliphatic heterocycles. The van der Waals surface area contributed by atoms with E-state index in [2.05, 4.69) is 6.92 Å². The van der Waals surface area contributed by atoms with Crippen molar-refractivity contribution in [2.24, 2.45) is 0 Å². The Morgan fingerprint density at radius 2 is 2.06 bits per heavy atom. The second kappa shape index (κ2) is 8.70. The number of benzene rings is 1. The maximum absolute atomic E-state index is 11.5. The minimum absolute atomic E-state index is 0.119. The number of esters is 1. The fraction of sp³-hybridized carbons (Fsp3) is 0.533. The van der Waals surface area contributed by atoms with E-state index in [1.54, 1.807) is 0 Å². The van der Waals surface area contributed by atoms with Crippen LogP contribution < -0.4 is 0 Å². The van der Waals surface area contributed by atoms with Crippen molar-refractivity contribution < 1.29 is 14.6 Å². The van der Waals surface area contributed by atoms with Crippen molar-refractivity contribution in [3.8, 4) is 0 Å². The summed E-state index contributed by atoms with van der Waals surface area (Å²) >= 11 is 0. The molecule has 100 valence electrons. The topological polar surface area (TPSA) is 46.5 Å². The van der Waals surface area contributed by atoms with E-state index in [0.29, 0.717) is 19.3 Å². The Balaban J connectivity index is 2.14. The molecule has 1 atom stereocenters. The lowest BCUT2D eigenvalue weighted by atomic mass is 10.1. The van der Waals surface area contributed by atoms with Crippen LogP contribution in [-0.2, 0) is 16.0 Å². The number of carbonyl (C=O) groups excluding carboxylic acids is 1. The first-order valence-corrected chi connectivity index (χ1v) is 6.60. The second-order valence-electron chi connectivity index (χ2n) is 4.46. The van der Waals surface area contributed by atoms with Crippen molar-refractivity contribution in [1.29, 1.82) is 0 Å². The first-order chi connectivity index (χ1) is 8.72. The van der Waals surface area contributed by atoms with Crippen LogP contribution in [0.25, 0.3) is 0 Å². The number of aryl methyl sites for hydroxylation is 1. The van der Waals surface area contributed by atoms with Crippen molar-refractivity contribution in [3.63, 3.8) is 0 Å². The molecule has 3 nitrogen and oxygen atoms in total. The third-order valence-corrected chi connectivity index (χ3v) is 2.79. The van der Waals surface area contributed by atoms with Crippen LogP contribution in [0.5, 0.6) is 0 Å². The molecule has 0 saturated carbocycles. The van der Waals surface area contributed by atoms with E-state index in [0.717, 1.165) is 18.4 Å². The molecule has 1 aromatic carbocycles. The molecule has 1 unspecified atom stereocenters. The molecule has 0 bridgehead atoms. The summed E-state index contributed by atoms with van der Waals surface area (Å²) in [4.78, 5) is 11.5. The van der Waals surface area contributed by atoms with Gasteiger partial charge in [0, 0.05) is 6.42 Å². The first-order valence-electron chi connectivity index (χ1n) is 6.60. The van der Waals surface area contributed by atoms with Gasteiger partial charge in [0.2, 0.25) is 0 Å². The van der Waals surface area contributed by atoms with Crippen molar-refractivity contribution in [2.75, 3.05) is 6.61 Å². The Morgan fingerprint density at radius 1 is 1.33 bits per heavy atom. The highest BCUT2D eigenvalue weighted by Crippen LogP contribution is 2.05. The molecule has 0 spiro atoms. The number of rotatable bonds is 8. The average Bonchev–Trinajstić information content (AvgIpc) is 2.41. The van der Waals surface area contributed by atoms with Crippen molar-refractivity contribution >= 4 is 5.97 Å². The molecule has 0 saturated heterocycles. The molecule has 0 amide bonds. The molecular formula is C15H22O3. The minimum Gasteiger partial charge on any atom is -0.463 e. The third-order valence-electron chi connectivity index (χ3n) is 2.79. The van der Waals surface area contributed by atoms with Gasteiger partial charge in [-0.1, -0.05) is 50.1 Å². The van der Waals surface area contributed by atoms with Crippen molar-refractivity contribution in [3.05, 3.63) is 35.9 Å². The Kier molecular flexibility index (Phi) is 7.11. The SMILES string of the molecule is CCCCC(O)COC(=O)CCc1ccccc1. The molecule has 1 N–H and O–H groups in total. The fourth-order valence-corrected chi connectivity index (χ4v) is 1.68. The van der Waals surface area contributed by atoms with Crippen LogP contribution >= 0.6 is 0 Å². The van der Waals surface area contributed by atoms with Gasteiger partial charge in [-0.2, -0.15) is 0 Å². The van der Waals surface area contributed by atoms with Gasteiger partial charge in [0.1, 0.15) is 6.61 Å². The lowest BCUT2D eigenvalue weighted by Gasteiger charge is -2.10. The quantitative estimate of drug-likeness (QED) is 0.722. The van der Waals surface area contributed by atoms with E-state index in [1.165, 1.54) is 0 Å². The number of unbranched alkanes of at least 4 members (excludes halogenated alkanes) is 1. The molecule has 0 aromatic heterocycles. The molecule has 0 radical (unpaired) electrons. The van der Waals surface area contributed by atoms with Crippen LogP contribution in [0.15, 0.2) is 30.3 Å². The van der Waals surface area contributed by atoms with Gasteiger partial charge in [-0.15, -0.1) is 0 Å². The minimum atomic E-state index is -0.523. The number of hydrogen-bond acceptors (Lipinski definition) is 3. The predicted octanol–water partition coefficient (Wildman–Crippen LogP) is 2.71. The molecule has 18 heavy (non-hydrogen) atoms. The van der Waals surface area contributed by atoms with E-state index in [4.69, 9.17) is 4.74 Å². The summed E-state index contributed by atoms with van der Waals surface area (Å²) in [5.41, 5.74) is 1.13. The van der Waals surface area contributed by atoms with Gasteiger partial charge in [0.15, 0.2) is 0 Å². The van der Waals surface area contributed by atoms with Crippen LogP contribution in [-0.4, -0.2) is 23.8 Å². The zero-order valence-corrected chi connectivity index (χ0v) is 11.0. The van der Waals surface area contributed by atoms with E-state index in [1.807, 2.05) is 30.3 Å². The summed E-state index contributed by atoms with van der Waals surface area (Å²) in [6, 6.07) is 9.84. The summed E-state index contributed by atoms with van der Waals surface area (Å²) in [7, 11) is 0. The lowest BCUT2D eigenvalue weighted by Crippen LogP contribution is -2.18. The summed E-state index contributed by atoms with van der Waals surface area (Å²) < 4.78 is 5.03. The van der Waals surface area contributed by atoms with Gasteiger partial charge in [0.05, 0.1) is 6.10 Å². The van der Waals surface area contributed by atoms with Gasteiger partial charge in [-0.3, -0.25) is 4.79 Å². The molecule has 3 heteroatoms. The smallest absolute Gasteiger partial charge is 0.306 e. The second-order valence-corrected chi connectivity index (χ2v) is 4.46. The van der Waals surface area contributed by atoms with E-state index >= 15 is 0 Å². The number of carbonyl (C=O) groups is 1. The Bertz CT molecular complexity index is 335. The summed E-state index contributed by atoms with van der Waals surface area (Å²) in [6.07, 6.45) is 3.23. The largest absolute Gasteiger partial charge is 0.463 e. The van der Waals surface area contributed by atoms with E-state index in [9.17, 15) is 9.90 Å². The maximum Gasteiger partial charge on any atom is 0.306 e. The zero-order valence-electron chi connectivity index (χ0n) is 11.0. The number of hydrogen-bond donors (Lipinski definition) is 1. The molecule has 0 fully saturated rings. The average molecular weight is 250 g/mol.